The third-order valence-electron chi connectivity index (χ3n) is 3.62. The van der Waals surface area contributed by atoms with Crippen molar-refractivity contribution in [1.29, 1.82) is 0 Å². The molecule has 1 fully saturated rings. The first-order valence-corrected chi connectivity index (χ1v) is 6.92. The summed E-state index contributed by atoms with van der Waals surface area (Å²) in [6, 6.07) is 18.9. The SMILES string of the molecule is O=C1CN(c2ccccc2)CC1C(=O)Nc1ccccc1. The lowest BCUT2D eigenvalue weighted by atomic mass is 10.1. The van der Waals surface area contributed by atoms with Gasteiger partial charge in [0, 0.05) is 17.9 Å². The van der Waals surface area contributed by atoms with E-state index < -0.39 is 5.92 Å². The quantitative estimate of drug-likeness (QED) is 0.878. The molecule has 2 aromatic carbocycles. The summed E-state index contributed by atoms with van der Waals surface area (Å²) in [6.07, 6.45) is 0. The van der Waals surface area contributed by atoms with Gasteiger partial charge in [-0.25, -0.2) is 0 Å². The van der Waals surface area contributed by atoms with Gasteiger partial charge in [-0.1, -0.05) is 36.4 Å². The van der Waals surface area contributed by atoms with Crippen LogP contribution in [0.5, 0.6) is 0 Å². The molecule has 4 heteroatoms. The summed E-state index contributed by atoms with van der Waals surface area (Å²) in [5.41, 5.74) is 1.69. The molecule has 1 N–H and O–H groups in total. The maximum Gasteiger partial charge on any atom is 0.236 e. The van der Waals surface area contributed by atoms with Gasteiger partial charge >= 0.3 is 0 Å². The van der Waals surface area contributed by atoms with E-state index in [0.717, 1.165) is 5.69 Å². The average molecular weight is 280 g/mol. The van der Waals surface area contributed by atoms with Crippen LogP contribution in [-0.4, -0.2) is 24.8 Å². The molecule has 1 aliphatic heterocycles. The lowest BCUT2D eigenvalue weighted by molar-refractivity contribution is -0.128. The first kappa shape index (κ1) is 13.4. The maximum absolute atomic E-state index is 12.2. The summed E-state index contributed by atoms with van der Waals surface area (Å²) in [5.74, 6) is -0.873. The molecule has 0 spiro atoms. The van der Waals surface area contributed by atoms with Crippen molar-refractivity contribution >= 4 is 23.1 Å². The Kier molecular flexibility index (Phi) is 3.69. The first-order valence-electron chi connectivity index (χ1n) is 6.92. The van der Waals surface area contributed by atoms with Crippen molar-refractivity contribution in [2.24, 2.45) is 5.92 Å². The molecule has 0 radical (unpaired) electrons. The molecule has 106 valence electrons. The van der Waals surface area contributed by atoms with Crippen LogP contribution in [0.1, 0.15) is 0 Å². The summed E-state index contributed by atoms with van der Waals surface area (Å²) in [6.45, 7) is 0.721. The number of para-hydroxylation sites is 2. The molecule has 1 unspecified atom stereocenters. The Morgan fingerprint density at radius 2 is 1.62 bits per heavy atom. The van der Waals surface area contributed by atoms with Crippen LogP contribution in [-0.2, 0) is 9.59 Å². The molecule has 21 heavy (non-hydrogen) atoms. The van der Waals surface area contributed by atoms with Crippen molar-refractivity contribution in [3.05, 3.63) is 60.7 Å². The topological polar surface area (TPSA) is 49.4 Å². The number of rotatable bonds is 3. The van der Waals surface area contributed by atoms with Gasteiger partial charge in [-0.2, -0.15) is 0 Å². The number of nitrogens with zero attached hydrogens (tertiary/aromatic N) is 1. The summed E-state index contributed by atoms with van der Waals surface area (Å²) in [7, 11) is 0. The minimum absolute atomic E-state index is 0.0349. The van der Waals surface area contributed by atoms with E-state index in [2.05, 4.69) is 5.32 Å². The predicted octanol–water partition coefficient (Wildman–Crippen LogP) is 2.33. The van der Waals surface area contributed by atoms with E-state index in [1.54, 1.807) is 0 Å². The van der Waals surface area contributed by atoms with Gasteiger partial charge in [0.2, 0.25) is 5.91 Å². The lowest BCUT2D eigenvalue weighted by Crippen LogP contribution is -2.29. The van der Waals surface area contributed by atoms with Crippen LogP contribution in [0.2, 0.25) is 0 Å². The normalized spacial score (nSPS) is 17.8. The first-order chi connectivity index (χ1) is 10.2. The van der Waals surface area contributed by atoms with Gasteiger partial charge in [0.25, 0.3) is 0 Å². The van der Waals surface area contributed by atoms with E-state index >= 15 is 0 Å². The zero-order valence-electron chi connectivity index (χ0n) is 11.5. The van der Waals surface area contributed by atoms with Gasteiger partial charge < -0.3 is 10.2 Å². The van der Waals surface area contributed by atoms with Gasteiger partial charge in [0.1, 0.15) is 5.92 Å². The largest absolute Gasteiger partial charge is 0.363 e. The fourth-order valence-corrected chi connectivity index (χ4v) is 2.50. The van der Waals surface area contributed by atoms with Gasteiger partial charge in [-0.05, 0) is 24.3 Å². The van der Waals surface area contributed by atoms with Gasteiger partial charge in [0.15, 0.2) is 5.78 Å². The van der Waals surface area contributed by atoms with Crippen LogP contribution in [0.4, 0.5) is 11.4 Å². The summed E-state index contributed by atoms with van der Waals surface area (Å²) >= 11 is 0. The second kappa shape index (κ2) is 5.79. The van der Waals surface area contributed by atoms with Crippen molar-refractivity contribution in [2.45, 2.75) is 0 Å². The van der Waals surface area contributed by atoms with Crippen molar-refractivity contribution < 1.29 is 9.59 Å². The van der Waals surface area contributed by atoms with E-state index in [1.807, 2.05) is 65.6 Å². The molecular weight excluding hydrogens is 264 g/mol. The van der Waals surface area contributed by atoms with Crippen LogP contribution in [0.25, 0.3) is 0 Å². The van der Waals surface area contributed by atoms with Crippen LogP contribution in [0.15, 0.2) is 60.7 Å². The smallest absolute Gasteiger partial charge is 0.236 e. The second-order valence-electron chi connectivity index (χ2n) is 5.09. The van der Waals surface area contributed by atoms with Crippen LogP contribution in [0, 0.1) is 5.92 Å². The molecule has 0 aromatic heterocycles. The van der Waals surface area contributed by atoms with E-state index in [-0.39, 0.29) is 18.2 Å². The van der Waals surface area contributed by atoms with Gasteiger partial charge in [-0.15, -0.1) is 0 Å². The Bertz CT molecular complexity index is 640. The molecule has 1 amide bonds. The number of carbonyl (C=O) groups is 2. The van der Waals surface area contributed by atoms with Crippen LogP contribution >= 0.6 is 0 Å². The number of ketones is 1. The van der Waals surface area contributed by atoms with Crippen molar-refractivity contribution in [2.75, 3.05) is 23.3 Å². The van der Waals surface area contributed by atoms with Gasteiger partial charge in [0.05, 0.1) is 6.54 Å². The molecule has 3 rings (SSSR count). The summed E-state index contributed by atoms with van der Waals surface area (Å²) in [5, 5.41) is 2.80. The second-order valence-corrected chi connectivity index (χ2v) is 5.09. The third kappa shape index (κ3) is 2.94. The predicted molar refractivity (Wildman–Crippen MR) is 82.2 cm³/mol. The number of hydrogen-bond acceptors (Lipinski definition) is 3. The summed E-state index contributed by atoms with van der Waals surface area (Å²) < 4.78 is 0. The minimum Gasteiger partial charge on any atom is -0.363 e. The Morgan fingerprint density at radius 3 is 2.29 bits per heavy atom. The van der Waals surface area contributed by atoms with E-state index in [0.29, 0.717) is 12.2 Å². The lowest BCUT2D eigenvalue weighted by Gasteiger charge is -2.17. The molecular formula is C17H16N2O2. The highest BCUT2D eigenvalue weighted by molar-refractivity contribution is 6.10. The molecule has 2 aromatic rings. The number of anilines is 2. The minimum atomic E-state index is -0.606. The number of nitrogens with one attached hydrogen (secondary N) is 1. The monoisotopic (exact) mass is 280 g/mol. The van der Waals surface area contributed by atoms with Crippen LogP contribution < -0.4 is 10.2 Å². The molecule has 0 aliphatic carbocycles. The molecule has 1 atom stereocenters. The van der Waals surface area contributed by atoms with E-state index in [4.69, 9.17) is 0 Å². The molecule has 1 heterocycles. The molecule has 1 saturated heterocycles. The Balaban J connectivity index is 1.69. The average Bonchev–Trinajstić information content (AvgIpc) is 2.91. The Hall–Kier alpha value is -2.62. The Labute approximate surface area is 123 Å². The van der Waals surface area contributed by atoms with E-state index in [9.17, 15) is 9.59 Å². The number of Topliss-reactive ketones (excluding diaryl/α,β-unsaturated/α-hetero) is 1. The zero-order chi connectivity index (χ0) is 14.7. The fraction of sp³-hybridized carbons (Fsp3) is 0.176. The van der Waals surface area contributed by atoms with Crippen molar-refractivity contribution in [3.8, 4) is 0 Å². The number of carbonyl (C=O) groups excluding carboxylic acids is 2. The number of hydrogen-bond donors (Lipinski definition) is 1. The molecule has 0 saturated carbocycles. The summed E-state index contributed by atoms with van der Waals surface area (Å²) in [4.78, 5) is 26.3. The molecule has 0 bridgehead atoms. The third-order valence-corrected chi connectivity index (χ3v) is 3.62. The highest BCUT2D eigenvalue weighted by Gasteiger charge is 2.36. The maximum atomic E-state index is 12.2. The Morgan fingerprint density at radius 1 is 1.00 bits per heavy atom. The van der Waals surface area contributed by atoms with Crippen molar-refractivity contribution in [3.63, 3.8) is 0 Å². The van der Waals surface area contributed by atoms with E-state index in [1.165, 1.54) is 0 Å². The zero-order valence-corrected chi connectivity index (χ0v) is 11.5. The highest BCUT2D eigenvalue weighted by Crippen LogP contribution is 2.22. The van der Waals surface area contributed by atoms with Crippen LogP contribution in [0.3, 0.4) is 0 Å². The highest BCUT2D eigenvalue weighted by atomic mass is 16.2. The molecule has 4 nitrogen and oxygen atoms in total. The molecule has 1 aliphatic rings. The standard InChI is InChI=1S/C17H16N2O2/c20-16-12-19(14-9-5-2-6-10-14)11-15(16)17(21)18-13-7-3-1-4-8-13/h1-10,15H,11-12H2,(H,18,21). The van der Waals surface area contributed by atoms with Gasteiger partial charge in [-0.3, -0.25) is 9.59 Å². The number of benzene rings is 2. The fourth-order valence-electron chi connectivity index (χ4n) is 2.50. The number of amides is 1. The van der Waals surface area contributed by atoms with Crippen molar-refractivity contribution in [1.82, 2.24) is 0 Å².